The lowest BCUT2D eigenvalue weighted by atomic mass is 10.3. The zero-order valence-corrected chi connectivity index (χ0v) is 32.9. The third kappa shape index (κ3) is 20.0. The first-order chi connectivity index (χ1) is 21.9. The van der Waals surface area contributed by atoms with Crippen LogP contribution in [0.4, 0.5) is 23.3 Å². The van der Waals surface area contributed by atoms with Crippen LogP contribution < -0.4 is 15.5 Å². The molecule has 2 N–H and O–H groups in total. The van der Waals surface area contributed by atoms with E-state index in [4.69, 9.17) is 5.73 Å². The van der Waals surface area contributed by atoms with E-state index in [2.05, 4.69) is 54.3 Å². The minimum Gasteiger partial charge on any atom is -0.378 e. The number of rotatable bonds is 3. The molecule has 0 spiro atoms. The van der Waals surface area contributed by atoms with Crippen molar-refractivity contribution in [2.75, 3.05) is 50.8 Å². The summed E-state index contributed by atoms with van der Waals surface area (Å²) in [6, 6.07) is 20.5. The number of aromatic nitrogens is 4. The van der Waals surface area contributed by atoms with Gasteiger partial charge in [-0.1, -0.05) is 91.8 Å². The van der Waals surface area contributed by atoms with Crippen LogP contribution in [0.2, 0.25) is 0 Å². The molecule has 46 heavy (non-hydrogen) atoms. The SMILES string of the molecule is CC.CC.CC.CC.CN(C)c1ccccc1.CN(C)c1ccccc1.CN=Nc1nc(C)c(C)n1C.Cc1nc(N)n(C)c1C. The Balaban J connectivity index is -0.000000238. The highest BCUT2D eigenvalue weighted by atomic mass is 15.3. The highest BCUT2D eigenvalue weighted by Crippen LogP contribution is 2.15. The molecule has 2 aromatic heterocycles. The van der Waals surface area contributed by atoms with Crippen molar-refractivity contribution in [2.45, 2.75) is 83.1 Å². The quantitative estimate of drug-likeness (QED) is 0.225. The summed E-state index contributed by atoms with van der Waals surface area (Å²) < 4.78 is 3.79. The molecule has 9 nitrogen and oxygen atoms in total. The van der Waals surface area contributed by atoms with Crippen LogP contribution in [-0.2, 0) is 14.1 Å². The maximum absolute atomic E-state index is 5.49. The monoisotopic (exact) mass is 640 g/mol. The second kappa shape index (κ2) is 30.9. The number of azo groups is 1. The number of benzene rings is 2. The van der Waals surface area contributed by atoms with Crippen molar-refractivity contribution in [2.24, 2.45) is 24.3 Å². The summed E-state index contributed by atoms with van der Waals surface area (Å²) in [5.41, 5.74) is 12.3. The Labute approximate surface area is 283 Å². The first-order valence-electron chi connectivity index (χ1n) is 16.4. The minimum absolute atomic E-state index is 0.588. The van der Waals surface area contributed by atoms with Crippen LogP contribution in [-0.4, -0.2) is 54.3 Å². The molecular formula is C37H69N9. The molecular weight excluding hydrogens is 570 g/mol. The lowest BCUT2D eigenvalue weighted by molar-refractivity contribution is 0.855. The van der Waals surface area contributed by atoms with Crippen molar-refractivity contribution in [3.8, 4) is 0 Å². The Kier molecular flexibility index (Phi) is 32.7. The van der Waals surface area contributed by atoms with Gasteiger partial charge in [-0.15, -0.1) is 5.11 Å². The van der Waals surface area contributed by atoms with Gasteiger partial charge in [-0.05, 0) is 52.0 Å². The molecule has 2 heterocycles. The van der Waals surface area contributed by atoms with Gasteiger partial charge in [-0.25, -0.2) is 9.97 Å². The summed E-state index contributed by atoms with van der Waals surface area (Å²) in [4.78, 5) is 12.4. The number of aryl methyl sites for hydroxylation is 2. The van der Waals surface area contributed by atoms with Crippen LogP contribution >= 0.6 is 0 Å². The lowest BCUT2D eigenvalue weighted by Crippen LogP contribution is -2.07. The number of nitrogens with zero attached hydrogens (tertiary/aromatic N) is 8. The van der Waals surface area contributed by atoms with Gasteiger partial charge in [0.05, 0.1) is 11.4 Å². The third-order valence-electron chi connectivity index (χ3n) is 5.98. The highest BCUT2D eigenvalue weighted by molar-refractivity contribution is 5.44. The number of hydrogen-bond acceptors (Lipinski definition) is 7. The van der Waals surface area contributed by atoms with Gasteiger partial charge in [0.2, 0.25) is 5.95 Å². The Morgan fingerprint density at radius 3 is 1.07 bits per heavy atom. The summed E-state index contributed by atoms with van der Waals surface area (Å²) >= 11 is 0. The van der Waals surface area contributed by atoms with Gasteiger partial charge in [-0.3, -0.25) is 0 Å². The molecule has 0 radical (unpaired) electrons. The average Bonchev–Trinajstić information content (AvgIpc) is 3.48. The van der Waals surface area contributed by atoms with Gasteiger partial charge in [0.1, 0.15) is 0 Å². The van der Waals surface area contributed by atoms with Crippen LogP contribution in [0.1, 0.15) is 78.2 Å². The second-order valence-electron chi connectivity index (χ2n) is 9.10. The van der Waals surface area contributed by atoms with Crippen LogP contribution in [0.25, 0.3) is 0 Å². The Morgan fingerprint density at radius 2 is 0.891 bits per heavy atom. The Bertz CT molecular complexity index is 1180. The molecule has 0 aliphatic heterocycles. The fourth-order valence-electron chi connectivity index (χ4n) is 3.07. The van der Waals surface area contributed by atoms with E-state index in [1.807, 2.05) is 171 Å². The minimum atomic E-state index is 0.588. The molecule has 4 rings (SSSR count). The van der Waals surface area contributed by atoms with E-state index in [0.717, 1.165) is 22.8 Å². The molecule has 0 fully saturated rings. The summed E-state index contributed by atoms with van der Waals surface area (Å²) in [7, 11) is 13.6. The van der Waals surface area contributed by atoms with Crippen LogP contribution in [0.5, 0.6) is 0 Å². The van der Waals surface area contributed by atoms with Gasteiger partial charge in [0.15, 0.2) is 5.95 Å². The zero-order valence-electron chi connectivity index (χ0n) is 32.9. The number of nitrogen functional groups attached to an aromatic ring is 1. The molecule has 262 valence electrons. The molecule has 0 unspecified atom stereocenters. The fourth-order valence-corrected chi connectivity index (χ4v) is 3.07. The molecule has 2 aromatic carbocycles. The molecule has 0 saturated heterocycles. The topological polar surface area (TPSA) is 92.9 Å². The van der Waals surface area contributed by atoms with Crippen LogP contribution in [0.15, 0.2) is 70.9 Å². The number of anilines is 3. The molecule has 9 heteroatoms. The molecule has 0 amide bonds. The normalized spacial score (nSPS) is 8.76. The summed E-state index contributed by atoms with van der Waals surface area (Å²) in [5.74, 6) is 1.26. The summed E-state index contributed by atoms with van der Waals surface area (Å²) in [6.07, 6.45) is 0. The highest BCUT2D eigenvalue weighted by Gasteiger charge is 2.05. The van der Waals surface area contributed by atoms with Crippen molar-refractivity contribution in [3.05, 3.63) is 83.4 Å². The van der Waals surface area contributed by atoms with E-state index >= 15 is 0 Å². The van der Waals surface area contributed by atoms with Gasteiger partial charge >= 0.3 is 0 Å². The summed E-state index contributed by atoms with van der Waals surface area (Å²) in [5, 5.41) is 7.53. The number of nitrogens with two attached hydrogens (primary N) is 1. The van der Waals surface area contributed by atoms with Crippen molar-refractivity contribution >= 4 is 23.3 Å². The van der Waals surface area contributed by atoms with Crippen molar-refractivity contribution in [1.82, 2.24) is 19.1 Å². The Morgan fingerprint density at radius 1 is 0.565 bits per heavy atom. The third-order valence-corrected chi connectivity index (χ3v) is 5.98. The number of imidazole rings is 2. The van der Waals surface area contributed by atoms with E-state index in [-0.39, 0.29) is 0 Å². The number of para-hydroxylation sites is 2. The molecule has 0 atom stereocenters. The maximum atomic E-state index is 5.49. The van der Waals surface area contributed by atoms with Gasteiger partial charge < -0.3 is 24.7 Å². The maximum Gasteiger partial charge on any atom is 0.249 e. The lowest BCUT2D eigenvalue weighted by Gasteiger charge is -2.10. The van der Waals surface area contributed by atoms with E-state index < -0.39 is 0 Å². The van der Waals surface area contributed by atoms with E-state index in [0.29, 0.717) is 11.9 Å². The van der Waals surface area contributed by atoms with Crippen LogP contribution in [0.3, 0.4) is 0 Å². The van der Waals surface area contributed by atoms with Crippen molar-refractivity contribution in [3.63, 3.8) is 0 Å². The predicted octanol–water partition coefficient (Wildman–Crippen LogP) is 9.98. The predicted molar refractivity (Wildman–Crippen MR) is 207 cm³/mol. The number of hydrogen-bond donors (Lipinski definition) is 1. The van der Waals surface area contributed by atoms with Crippen LogP contribution in [0, 0.1) is 27.7 Å². The van der Waals surface area contributed by atoms with E-state index in [1.54, 1.807) is 7.05 Å². The standard InChI is InChI=1S/2C8H11N.C7H12N4.C6H11N3.4C2H6/c2*1-9(2)8-6-4-3-5-7-8;1-5-6(2)11(4)7(9-5)10-8-3;1-4-5(2)9(3)6(7)8-4;4*1-2/h2*3-7H,1-2H3;1-4H3;1-3H3,(H2,7,8);4*1-2H3. The molecule has 4 aromatic rings. The fraction of sp³-hybridized carbons (Fsp3) is 0.514. The largest absolute Gasteiger partial charge is 0.378 e. The van der Waals surface area contributed by atoms with E-state index in [1.165, 1.54) is 11.4 Å². The zero-order chi connectivity index (χ0) is 36.8. The van der Waals surface area contributed by atoms with Crippen molar-refractivity contribution < 1.29 is 0 Å². The summed E-state index contributed by atoms with van der Waals surface area (Å²) in [6.45, 7) is 23.9. The first-order valence-corrected chi connectivity index (χ1v) is 16.4. The average molecular weight is 640 g/mol. The molecule has 0 bridgehead atoms. The van der Waals surface area contributed by atoms with Crippen molar-refractivity contribution in [1.29, 1.82) is 0 Å². The van der Waals surface area contributed by atoms with Gasteiger partial charge in [0.25, 0.3) is 0 Å². The molecule has 0 aliphatic rings. The Hall–Kier alpha value is -4.14. The second-order valence-corrected chi connectivity index (χ2v) is 9.10. The molecule has 0 saturated carbocycles. The van der Waals surface area contributed by atoms with Gasteiger partial charge in [-0.2, -0.15) is 5.11 Å². The smallest absolute Gasteiger partial charge is 0.249 e. The first kappa shape index (κ1) is 48.8. The molecule has 0 aliphatic carbocycles. The van der Waals surface area contributed by atoms with Gasteiger partial charge in [0, 0.05) is 72.1 Å². The van der Waals surface area contributed by atoms with E-state index in [9.17, 15) is 0 Å².